The van der Waals surface area contributed by atoms with Crippen LogP contribution in [0.25, 0.3) is 5.57 Å². The zero-order valence-electron chi connectivity index (χ0n) is 20.0. The van der Waals surface area contributed by atoms with E-state index in [1.807, 2.05) is 24.4 Å². The number of nitrogens with zero attached hydrogens (tertiary/aromatic N) is 3. The van der Waals surface area contributed by atoms with Crippen molar-refractivity contribution in [3.63, 3.8) is 0 Å². The first-order valence-electron chi connectivity index (χ1n) is 11.4. The summed E-state index contributed by atoms with van der Waals surface area (Å²) >= 11 is 5.75. The molecule has 0 radical (unpaired) electrons. The molecule has 1 fully saturated rings. The number of nitrogens with one attached hydrogen (secondary N) is 1. The Bertz CT molecular complexity index is 1080. The number of pyridine rings is 1. The van der Waals surface area contributed by atoms with Crippen LogP contribution in [0.1, 0.15) is 62.5 Å². The fourth-order valence-electron chi connectivity index (χ4n) is 4.87. The zero-order chi connectivity index (χ0) is 23.8. The Labute approximate surface area is 201 Å². The first kappa shape index (κ1) is 23.2. The Morgan fingerprint density at radius 1 is 1.27 bits per heavy atom. The number of hydrogen-bond acceptors (Lipinski definition) is 5. The van der Waals surface area contributed by atoms with Gasteiger partial charge in [0.25, 0.3) is 0 Å². The van der Waals surface area contributed by atoms with Gasteiger partial charge in [-0.2, -0.15) is 0 Å². The van der Waals surface area contributed by atoms with Gasteiger partial charge in [-0.3, -0.25) is 9.78 Å². The molecule has 174 valence electrons. The van der Waals surface area contributed by atoms with Crippen molar-refractivity contribution >= 4 is 34.6 Å². The molecule has 7 heteroatoms. The summed E-state index contributed by atoms with van der Waals surface area (Å²) in [5.41, 5.74) is 5.82. The summed E-state index contributed by atoms with van der Waals surface area (Å²) in [7, 11) is 3.56. The lowest BCUT2D eigenvalue weighted by atomic mass is 9.86. The van der Waals surface area contributed by atoms with Crippen LogP contribution in [-0.2, 0) is 9.53 Å². The van der Waals surface area contributed by atoms with Gasteiger partial charge in [-0.25, -0.2) is 0 Å². The van der Waals surface area contributed by atoms with Crippen molar-refractivity contribution in [2.45, 2.75) is 51.2 Å². The SMILES string of the molecule is COC(=O)CCCN1C(=S)N[C@@H](c2ccccn2)[C@H]1c1ccc2c(c1)C(C)=CC(C)(C)N2C. The summed E-state index contributed by atoms with van der Waals surface area (Å²) in [5, 5.41) is 4.17. The Kier molecular flexibility index (Phi) is 6.43. The minimum atomic E-state index is -0.203. The molecule has 0 aliphatic carbocycles. The minimum Gasteiger partial charge on any atom is -0.469 e. The molecule has 0 bridgehead atoms. The number of fused-ring (bicyclic) bond motifs is 1. The Morgan fingerprint density at radius 3 is 2.76 bits per heavy atom. The maximum Gasteiger partial charge on any atom is 0.305 e. The third-order valence-electron chi connectivity index (χ3n) is 6.79. The van der Waals surface area contributed by atoms with Gasteiger partial charge in [-0.15, -0.1) is 0 Å². The Hall–Kier alpha value is -2.93. The third kappa shape index (κ3) is 4.47. The number of carbonyl (C=O) groups is 1. The van der Waals surface area contributed by atoms with E-state index in [1.165, 1.54) is 29.5 Å². The molecule has 0 saturated carbocycles. The third-order valence-corrected chi connectivity index (χ3v) is 7.14. The van der Waals surface area contributed by atoms with E-state index >= 15 is 0 Å². The van der Waals surface area contributed by atoms with Gasteiger partial charge in [0.15, 0.2) is 5.11 Å². The fourth-order valence-corrected chi connectivity index (χ4v) is 5.20. The lowest BCUT2D eigenvalue weighted by molar-refractivity contribution is -0.140. The minimum absolute atomic E-state index is 0.0246. The molecular formula is C26H32N4O2S. The smallest absolute Gasteiger partial charge is 0.305 e. The van der Waals surface area contributed by atoms with Gasteiger partial charge in [0.05, 0.1) is 30.4 Å². The van der Waals surface area contributed by atoms with Crippen LogP contribution in [0.3, 0.4) is 0 Å². The molecule has 1 aromatic carbocycles. The van der Waals surface area contributed by atoms with E-state index in [0.29, 0.717) is 24.5 Å². The molecule has 2 aliphatic rings. The zero-order valence-corrected chi connectivity index (χ0v) is 20.8. The van der Waals surface area contributed by atoms with Crippen molar-refractivity contribution in [1.82, 2.24) is 15.2 Å². The highest BCUT2D eigenvalue weighted by Gasteiger charge is 2.40. The van der Waals surface area contributed by atoms with Crippen LogP contribution >= 0.6 is 12.2 Å². The van der Waals surface area contributed by atoms with Gasteiger partial charge in [0.2, 0.25) is 0 Å². The van der Waals surface area contributed by atoms with Crippen LogP contribution in [-0.4, -0.2) is 47.2 Å². The number of aromatic nitrogens is 1. The van der Waals surface area contributed by atoms with Crippen molar-refractivity contribution < 1.29 is 9.53 Å². The van der Waals surface area contributed by atoms with Crippen LogP contribution in [0.5, 0.6) is 0 Å². The van der Waals surface area contributed by atoms with Gasteiger partial charge < -0.3 is 19.9 Å². The van der Waals surface area contributed by atoms with E-state index in [-0.39, 0.29) is 23.6 Å². The monoisotopic (exact) mass is 464 g/mol. The molecule has 33 heavy (non-hydrogen) atoms. The van der Waals surface area contributed by atoms with Crippen molar-refractivity contribution in [1.29, 1.82) is 0 Å². The Morgan fingerprint density at radius 2 is 2.06 bits per heavy atom. The summed E-state index contributed by atoms with van der Waals surface area (Å²) in [5.74, 6) is -0.203. The second-order valence-electron chi connectivity index (χ2n) is 9.32. The second kappa shape index (κ2) is 9.14. The quantitative estimate of drug-likeness (QED) is 0.494. The molecule has 0 spiro atoms. The van der Waals surface area contributed by atoms with E-state index in [1.54, 1.807) is 0 Å². The first-order chi connectivity index (χ1) is 15.7. The molecule has 0 unspecified atom stereocenters. The van der Waals surface area contributed by atoms with Gasteiger partial charge in [0, 0.05) is 37.5 Å². The molecule has 1 saturated heterocycles. The molecule has 4 rings (SSSR count). The number of allylic oxidation sites excluding steroid dienone is 1. The number of anilines is 1. The highest BCUT2D eigenvalue weighted by molar-refractivity contribution is 7.80. The molecule has 6 nitrogen and oxygen atoms in total. The van der Waals surface area contributed by atoms with Crippen molar-refractivity contribution in [3.05, 3.63) is 65.5 Å². The van der Waals surface area contributed by atoms with Crippen LogP contribution in [0.15, 0.2) is 48.7 Å². The van der Waals surface area contributed by atoms with Crippen molar-refractivity contribution in [3.8, 4) is 0 Å². The van der Waals surface area contributed by atoms with E-state index in [0.717, 1.165) is 5.69 Å². The fraction of sp³-hybridized carbons (Fsp3) is 0.423. The van der Waals surface area contributed by atoms with Crippen molar-refractivity contribution in [2.75, 3.05) is 25.6 Å². The predicted molar refractivity (Wildman–Crippen MR) is 136 cm³/mol. The van der Waals surface area contributed by atoms with Gasteiger partial charge in [-0.05, 0) is 74.8 Å². The number of rotatable bonds is 6. The maximum atomic E-state index is 11.7. The predicted octanol–water partition coefficient (Wildman–Crippen LogP) is 4.64. The topological polar surface area (TPSA) is 57.7 Å². The lowest BCUT2D eigenvalue weighted by Crippen LogP contribution is -2.42. The molecule has 1 N–H and O–H groups in total. The standard InChI is InChI=1S/C26H32N4O2S/c1-17-16-26(2,3)29(4)21-12-11-18(15-19(17)21)24-23(20-9-6-7-13-27-20)28-25(33)30(24)14-8-10-22(31)32-5/h6-7,9,11-13,15-16,23-24H,8,10,14H2,1-5H3,(H,28,33)/t23-,24+/m0/s1. The van der Waals surface area contributed by atoms with E-state index < -0.39 is 0 Å². The molecule has 2 aliphatic heterocycles. The molecule has 3 heterocycles. The maximum absolute atomic E-state index is 11.7. The number of esters is 1. The lowest BCUT2D eigenvalue weighted by Gasteiger charge is -2.41. The van der Waals surface area contributed by atoms with Crippen LogP contribution in [0, 0.1) is 0 Å². The number of likely N-dealkylation sites (N-methyl/N-ethyl adjacent to an activating group) is 1. The van der Waals surface area contributed by atoms with Gasteiger partial charge >= 0.3 is 5.97 Å². The average Bonchev–Trinajstić information content (AvgIpc) is 3.13. The molecular weight excluding hydrogens is 432 g/mol. The highest BCUT2D eigenvalue weighted by Crippen LogP contribution is 2.43. The largest absolute Gasteiger partial charge is 0.469 e. The summed E-state index contributed by atoms with van der Waals surface area (Å²) in [6.45, 7) is 7.30. The van der Waals surface area contributed by atoms with Gasteiger partial charge in [0.1, 0.15) is 0 Å². The number of methoxy groups -OCH3 is 1. The molecule has 1 aromatic heterocycles. The van der Waals surface area contributed by atoms with E-state index in [2.05, 4.69) is 72.2 Å². The molecule has 2 atom stereocenters. The number of carbonyl (C=O) groups excluding carboxylic acids is 1. The molecule has 0 amide bonds. The summed E-state index contributed by atoms with van der Waals surface area (Å²) in [4.78, 5) is 20.8. The van der Waals surface area contributed by atoms with Crippen LogP contribution in [0.2, 0.25) is 0 Å². The summed E-state index contributed by atoms with van der Waals surface area (Å²) in [6, 6.07) is 12.6. The van der Waals surface area contributed by atoms with Gasteiger partial charge in [-0.1, -0.05) is 18.2 Å². The molecule has 2 aromatic rings. The van der Waals surface area contributed by atoms with Crippen LogP contribution in [0.4, 0.5) is 5.69 Å². The average molecular weight is 465 g/mol. The number of hydrogen-bond donors (Lipinski definition) is 1. The Balaban J connectivity index is 1.72. The number of thiocarbonyl (C=S) groups is 1. The second-order valence-corrected chi connectivity index (χ2v) is 9.70. The van der Waals surface area contributed by atoms with E-state index in [4.69, 9.17) is 17.0 Å². The van der Waals surface area contributed by atoms with Crippen molar-refractivity contribution in [2.24, 2.45) is 0 Å². The van der Waals surface area contributed by atoms with E-state index in [9.17, 15) is 4.79 Å². The number of ether oxygens (including phenoxy) is 1. The van der Waals surface area contributed by atoms with Crippen LogP contribution < -0.4 is 10.2 Å². The summed E-state index contributed by atoms with van der Waals surface area (Å²) in [6.07, 6.45) is 5.16. The first-order valence-corrected chi connectivity index (χ1v) is 11.8. The summed E-state index contributed by atoms with van der Waals surface area (Å²) < 4.78 is 4.82. The number of benzene rings is 1. The highest BCUT2D eigenvalue weighted by atomic mass is 32.1. The normalized spacial score (nSPS) is 21.4.